The zero-order valence-electron chi connectivity index (χ0n) is 8.28. The lowest BCUT2D eigenvalue weighted by molar-refractivity contribution is 0.209. The molecular weight excluding hydrogens is 192 g/mol. The van der Waals surface area contributed by atoms with Crippen LogP contribution in [-0.4, -0.2) is 17.5 Å². The third-order valence-corrected chi connectivity index (χ3v) is 3.95. The number of benzene rings is 1. The van der Waals surface area contributed by atoms with E-state index in [0.717, 1.165) is 12.2 Å². The molecule has 0 bridgehead atoms. The van der Waals surface area contributed by atoms with Gasteiger partial charge in [0.2, 0.25) is 0 Å². The molecule has 0 heterocycles. The number of rotatable bonds is 5. The van der Waals surface area contributed by atoms with Gasteiger partial charge in [0.1, 0.15) is 0 Å². The van der Waals surface area contributed by atoms with Crippen LogP contribution in [0.1, 0.15) is 19.3 Å². The van der Waals surface area contributed by atoms with E-state index < -0.39 is 0 Å². The Morgan fingerprint density at radius 3 is 2.50 bits per heavy atom. The van der Waals surface area contributed by atoms with Gasteiger partial charge in [-0.05, 0) is 42.6 Å². The van der Waals surface area contributed by atoms with Gasteiger partial charge in [0.05, 0.1) is 0 Å². The molecule has 1 aliphatic carbocycles. The predicted molar refractivity (Wildman–Crippen MR) is 60.5 cm³/mol. The van der Waals surface area contributed by atoms with Crippen molar-refractivity contribution in [2.75, 3.05) is 12.4 Å². The zero-order valence-corrected chi connectivity index (χ0v) is 9.09. The van der Waals surface area contributed by atoms with E-state index in [1.54, 1.807) is 0 Å². The van der Waals surface area contributed by atoms with E-state index in [0.29, 0.717) is 12.0 Å². The second-order valence-electron chi connectivity index (χ2n) is 4.07. The lowest BCUT2D eigenvalue weighted by Crippen LogP contribution is -2.07. The average Bonchev–Trinajstić information content (AvgIpc) is 3.00. The maximum Gasteiger partial charge on any atom is 0.0487 e. The van der Waals surface area contributed by atoms with E-state index in [-0.39, 0.29) is 0 Å². The van der Waals surface area contributed by atoms with Gasteiger partial charge in [-0.2, -0.15) is 0 Å². The molecule has 0 saturated heterocycles. The van der Waals surface area contributed by atoms with Crippen molar-refractivity contribution in [1.29, 1.82) is 0 Å². The Kier molecular flexibility index (Phi) is 3.14. The third kappa shape index (κ3) is 2.52. The third-order valence-electron chi connectivity index (χ3n) is 2.94. The highest BCUT2D eigenvalue weighted by atomic mass is 32.2. The molecule has 14 heavy (non-hydrogen) atoms. The lowest BCUT2D eigenvalue weighted by atomic mass is 10.1. The predicted octanol–water partition coefficient (Wildman–Crippen LogP) is 2.94. The Morgan fingerprint density at radius 2 is 1.93 bits per heavy atom. The molecular formula is C12H16OS. The molecule has 0 unspecified atom stereocenters. The van der Waals surface area contributed by atoms with E-state index in [1.165, 1.54) is 17.7 Å². The summed E-state index contributed by atoms with van der Waals surface area (Å²) in [4.78, 5) is 1.33. The molecule has 1 N–H and O–H groups in total. The Morgan fingerprint density at radius 1 is 1.21 bits per heavy atom. The van der Waals surface area contributed by atoms with Crippen LogP contribution < -0.4 is 0 Å². The smallest absolute Gasteiger partial charge is 0.0487 e. The van der Waals surface area contributed by atoms with Crippen molar-refractivity contribution in [2.24, 2.45) is 5.41 Å². The average molecular weight is 208 g/mol. The van der Waals surface area contributed by atoms with E-state index in [9.17, 15) is 0 Å². The van der Waals surface area contributed by atoms with Gasteiger partial charge in [-0.1, -0.05) is 18.2 Å². The van der Waals surface area contributed by atoms with E-state index in [4.69, 9.17) is 5.11 Å². The second-order valence-corrected chi connectivity index (χ2v) is 5.24. The summed E-state index contributed by atoms with van der Waals surface area (Å²) >= 11 is 1.89. The maximum atomic E-state index is 9.14. The zero-order chi connectivity index (χ0) is 9.86. The summed E-state index contributed by atoms with van der Waals surface area (Å²) in [5.41, 5.74) is 0.307. The molecule has 0 atom stereocenters. The highest BCUT2D eigenvalue weighted by Gasteiger charge is 2.41. The molecule has 2 rings (SSSR count). The highest BCUT2D eigenvalue weighted by molar-refractivity contribution is 7.99. The molecule has 1 saturated carbocycles. The molecule has 1 aromatic rings. The van der Waals surface area contributed by atoms with Crippen molar-refractivity contribution in [1.82, 2.24) is 0 Å². The van der Waals surface area contributed by atoms with Gasteiger partial charge < -0.3 is 5.11 Å². The first-order valence-corrected chi connectivity index (χ1v) is 6.12. The molecule has 0 spiro atoms. The fourth-order valence-electron chi connectivity index (χ4n) is 1.57. The van der Waals surface area contributed by atoms with Crippen LogP contribution in [0.4, 0.5) is 0 Å². The molecule has 2 heteroatoms. The summed E-state index contributed by atoms with van der Waals surface area (Å²) < 4.78 is 0. The second kappa shape index (κ2) is 4.37. The maximum absolute atomic E-state index is 9.14. The van der Waals surface area contributed by atoms with Crippen LogP contribution in [0.2, 0.25) is 0 Å². The van der Waals surface area contributed by atoms with Gasteiger partial charge in [0.15, 0.2) is 0 Å². The van der Waals surface area contributed by atoms with Crippen LogP contribution >= 0.6 is 11.8 Å². The molecule has 0 amide bonds. The number of hydrogen-bond donors (Lipinski definition) is 1. The largest absolute Gasteiger partial charge is 0.396 e. The van der Waals surface area contributed by atoms with Crippen LogP contribution in [0, 0.1) is 5.41 Å². The summed E-state index contributed by atoms with van der Waals surface area (Å²) in [6, 6.07) is 10.5. The minimum atomic E-state index is 0.307. The first kappa shape index (κ1) is 10.1. The molecule has 1 aromatic carbocycles. The lowest BCUT2D eigenvalue weighted by Gasteiger charge is -2.10. The number of aliphatic hydroxyl groups excluding tert-OH is 1. The molecule has 1 aliphatic rings. The summed E-state index contributed by atoms with van der Waals surface area (Å²) in [6.45, 7) is 0.377. The summed E-state index contributed by atoms with van der Waals surface area (Å²) in [6.07, 6.45) is 3.60. The SMILES string of the molecule is OCC1(CCSc2ccccc2)CC1. The summed E-state index contributed by atoms with van der Waals surface area (Å²) in [7, 11) is 0. The van der Waals surface area contributed by atoms with Crippen LogP contribution in [-0.2, 0) is 0 Å². The van der Waals surface area contributed by atoms with Gasteiger partial charge in [-0.25, -0.2) is 0 Å². The van der Waals surface area contributed by atoms with Gasteiger partial charge in [-0.3, -0.25) is 0 Å². The quantitative estimate of drug-likeness (QED) is 0.751. The standard InChI is InChI=1S/C12H16OS/c13-10-12(6-7-12)8-9-14-11-4-2-1-3-5-11/h1-5,13H,6-10H2. The summed E-state index contributed by atoms with van der Waals surface area (Å²) in [5.74, 6) is 1.13. The van der Waals surface area contributed by atoms with Crippen molar-refractivity contribution in [3.05, 3.63) is 30.3 Å². The molecule has 0 aromatic heterocycles. The number of hydrogen-bond acceptors (Lipinski definition) is 2. The van der Waals surface area contributed by atoms with Gasteiger partial charge in [0.25, 0.3) is 0 Å². The molecule has 0 radical (unpaired) electrons. The number of thioether (sulfide) groups is 1. The van der Waals surface area contributed by atoms with Gasteiger partial charge >= 0.3 is 0 Å². The first-order valence-electron chi connectivity index (χ1n) is 5.13. The normalized spacial score (nSPS) is 18.1. The van der Waals surface area contributed by atoms with E-state index in [1.807, 2.05) is 17.8 Å². The summed E-state index contributed by atoms with van der Waals surface area (Å²) in [5, 5.41) is 9.14. The number of aliphatic hydroxyl groups is 1. The molecule has 1 fully saturated rings. The van der Waals surface area contributed by atoms with Gasteiger partial charge in [-0.15, -0.1) is 11.8 Å². The minimum absolute atomic E-state index is 0.307. The van der Waals surface area contributed by atoms with Crippen LogP contribution in [0.25, 0.3) is 0 Å². The van der Waals surface area contributed by atoms with Crippen LogP contribution in [0.5, 0.6) is 0 Å². The van der Waals surface area contributed by atoms with Gasteiger partial charge in [0, 0.05) is 11.5 Å². The molecule has 76 valence electrons. The fourth-order valence-corrected chi connectivity index (χ4v) is 2.69. The Balaban J connectivity index is 1.73. The Labute approximate surface area is 89.5 Å². The van der Waals surface area contributed by atoms with Crippen molar-refractivity contribution in [3.63, 3.8) is 0 Å². The molecule has 0 aliphatic heterocycles. The van der Waals surface area contributed by atoms with Crippen molar-refractivity contribution >= 4 is 11.8 Å². The minimum Gasteiger partial charge on any atom is -0.396 e. The highest BCUT2D eigenvalue weighted by Crippen LogP contribution is 2.49. The van der Waals surface area contributed by atoms with Crippen molar-refractivity contribution in [2.45, 2.75) is 24.2 Å². The molecule has 1 nitrogen and oxygen atoms in total. The van der Waals surface area contributed by atoms with Crippen LogP contribution in [0.15, 0.2) is 35.2 Å². The van der Waals surface area contributed by atoms with E-state index in [2.05, 4.69) is 24.3 Å². The van der Waals surface area contributed by atoms with Crippen molar-refractivity contribution < 1.29 is 5.11 Å². The fraction of sp³-hybridized carbons (Fsp3) is 0.500. The first-order chi connectivity index (χ1) is 6.85. The van der Waals surface area contributed by atoms with E-state index >= 15 is 0 Å². The van der Waals surface area contributed by atoms with Crippen molar-refractivity contribution in [3.8, 4) is 0 Å². The Hall–Kier alpha value is -0.470. The van der Waals surface area contributed by atoms with Crippen LogP contribution in [0.3, 0.4) is 0 Å². The Bertz CT molecular complexity index is 280. The monoisotopic (exact) mass is 208 g/mol. The topological polar surface area (TPSA) is 20.2 Å².